The number of anilines is 1. The van der Waals surface area contributed by atoms with E-state index in [-0.39, 0.29) is 11.9 Å². The number of ether oxygens (including phenoxy) is 1. The summed E-state index contributed by atoms with van der Waals surface area (Å²) in [6.45, 7) is 9.96. The van der Waals surface area contributed by atoms with E-state index in [9.17, 15) is 4.79 Å². The molecule has 0 aromatic heterocycles. The van der Waals surface area contributed by atoms with E-state index in [2.05, 4.69) is 4.74 Å². The van der Waals surface area contributed by atoms with Gasteiger partial charge in [0.05, 0.1) is 13.5 Å². The first-order valence-corrected chi connectivity index (χ1v) is 6.56. The lowest BCUT2D eigenvalue weighted by Crippen LogP contribution is -2.07. The third kappa shape index (κ3) is 6.94. The molecule has 0 heterocycles. The van der Waals surface area contributed by atoms with Crippen LogP contribution >= 0.6 is 0 Å². The molecule has 0 fully saturated rings. The van der Waals surface area contributed by atoms with E-state index in [1.807, 2.05) is 58.9 Å². The lowest BCUT2D eigenvalue weighted by molar-refractivity contribution is -0.140. The smallest absolute Gasteiger partial charge is 0.306 e. The Hall–Kier alpha value is -1.51. The molecule has 0 radical (unpaired) electrons. The van der Waals surface area contributed by atoms with Crippen molar-refractivity contribution in [2.45, 2.75) is 47.0 Å². The number of para-hydroxylation sites is 1. The average molecular weight is 253 g/mol. The fourth-order valence-electron chi connectivity index (χ4n) is 1.40. The second-order valence-electron chi connectivity index (χ2n) is 3.31. The van der Waals surface area contributed by atoms with E-state index < -0.39 is 0 Å². The van der Waals surface area contributed by atoms with E-state index in [0.717, 1.165) is 11.3 Å². The number of hydrogen-bond acceptors (Lipinski definition) is 3. The Morgan fingerprint density at radius 2 is 1.72 bits per heavy atom. The van der Waals surface area contributed by atoms with Crippen molar-refractivity contribution in [3.8, 4) is 0 Å². The van der Waals surface area contributed by atoms with Gasteiger partial charge in [-0.25, -0.2) is 0 Å². The van der Waals surface area contributed by atoms with Crippen LogP contribution in [-0.4, -0.2) is 13.1 Å². The van der Waals surface area contributed by atoms with Crippen LogP contribution in [0.25, 0.3) is 0 Å². The standard InChI is InChI=1S/C11H15NO2.2C2H6/c1-8(7-11(13)14-2)9-5-3-4-6-10(9)12;2*1-2/h3-6,8H,7,12H2,1-2H3;2*1-2H3. The number of benzene rings is 1. The maximum atomic E-state index is 11.0. The molecule has 2 N–H and O–H groups in total. The minimum atomic E-state index is -0.208. The predicted molar refractivity (Wildman–Crippen MR) is 78.6 cm³/mol. The van der Waals surface area contributed by atoms with E-state index in [1.165, 1.54) is 7.11 Å². The quantitative estimate of drug-likeness (QED) is 0.654. The van der Waals surface area contributed by atoms with Crippen molar-refractivity contribution >= 4 is 11.7 Å². The zero-order valence-electron chi connectivity index (χ0n) is 12.5. The molecule has 104 valence electrons. The molecule has 0 saturated carbocycles. The van der Waals surface area contributed by atoms with Crippen LogP contribution in [0.5, 0.6) is 0 Å². The molecule has 1 aromatic carbocycles. The van der Waals surface area contributed by atoms with Gasteiger partial charge in [-0.05, 0) is 17.5 Å². The lowest BCUT2D eigenvalue weighted by Gasteiger charge is -2.12. The second kappa shape index (κ2) is 12.0. The molecule has 1 atom stereocenters. The van der Waals surface area contributed by atoms with E-state index in [0.29, 0.717) is 6.42 Å². The van der Waals surface area contributed by atoms with Crippen LogP contribution in [0.2, 0.25) is 0 Å². The first-order valence-electron chi connectivity index (χ1n) is 6.56. The van der Waals surface area contributed by atoms with Gasteiger partial charge in [-0.3, -0.25) is 4.79 Å². The highest BCUT2D eigenvalue weighted by Crippen LogP contribution is 2.24. The van der Waals surface area contributed by atoms with Gasteiger partial charge in [0.1, 0.15) is 0 Å². The Morgan fingerprint density at radius 1 is 1.22 bits per heavy atom. The van der Waals surface area contributed by atoms with Crippen LogP contribution in [0.3, 0.4) is 0 Å². The van der Waals surface area contributed by atoms with Gasteiger partial charge in [-0.1, -0.05) is 52.8 Å². The van der Waals surface area contributed by atoms with Gasteiger partial charge in [0, 0.05) is 5.69 Å². The molecule has 3 heteroatoms. The Kier molecular flexibility index (Phi) is 12.5. The molecular formula is C15H27NO2. The van der Waals surface area contributed by atoms with Gasteiger partial charge in [0.15, 0.2) is 0 Å². The molecule has 0 aliphatic carbocycles. The summed E-state index contributed by atoms with van der Waals surface area (Å²) < 4.78 is 4.60. The van der Waals surface area contributed by atoms with Crippen molar-refractivity contribution in [1.29, 1.82) is 0 Å². The maximum absolute atomic E-state index is 11.0. The van der Waals surface area contributed by atoms with Gasteiger partial charge >= 0.3 is 5.97 Å². The Labute approximate surface area is 111 Å². The fraction of sp³-hybridized carbons (Fsp3) is 0.533. The zero-order valence-corrected chi connectivity index (χ0v) is 12.5. The summed E-state index contributed by atoms with van der Waals surface area (Å²) in [6.07, 6.45) is 0.366. The number of carbonyl (C=O) groups excluding carboxylic acids is 1. The van der Waals surface area contributed by atoms with Crippen LogP contribution in [-0.2, 0) is 9.53 Å². The van der Waals surface area contributed by atoms with Crippen LogP contribution in [0, 0.1) is 0 Å². The predicted octanol–water partition coefficient (Wildman–Crippen LogP) is 3.99. The third-order valence-corrected chi connectivity index (χ3v) is 2.23. The summed E-state index contributed by atoms with van der Waals surface area (Å²) in [6, 6.07) is 7.56. The van der Waals surface area contributed by atoms with E-state index in [4.69, 9.17) is 5.73 Å². The van der Waals surface area contributed by atoms with Crippen molar-refractivity contribution in [2.75, 3.05) is 12.8 Å². The molecule has 0 amide bonds. The number of carbonyl (C=O) groups is 1. The first-order chi connectivity index (χ1) is 8.65. The van der Waals surface area contributed by atoms with E-state index in [1.54, 1.807) is 0 Å². The maximum Gasteiger partial charge on any atom is 0.306 e. The van der Waals surface area contributed by atoms with Gasteiger partial charge in [-0.15, -0.1) is 0 Å². The van der Waals surface area contributed by atoms with Gasteiger partial charge in [-0.2, -0.15) is 0 Å². The van der Waals surface area contributed by atoms with Crippen LogP contribution in [0.1, 0.15) is 52.5 Å². The summed E-state index contributed by atoms with van der Waals surface area (Å²) in [4.78, 5) is 11.0. The molecule has 18 heavy (non-hydrogen) atoms. The third-order valence-electron chi connectivity index (χ3n) is 2.23. The number of rotatable bonds is 3. The zero-order chi connectivity index (χ0) is 14.6. The summed E-state index contributed by atoms with van der Waals surface area (Å²) in [5.74, 6) is -0.107. The highest BCUT2D eigenvalue weighted by Gasteiger charge is 2.12. The summed E-state index contributed by atoms with van der Waals surface area (Å²) in [7, 11) is 1.39. The lowest BCUT2D eigenvalue weighted by atomic mass is 9.96. The van der Waals surface area contributed by atoms with Crippen molar-refractivity contribution in [3.63, 3.8) is 0 Å². The fourth-order valence-corrected chi connectivity index (χ4v) is 1.40. The van der Waals surface area contributed by atoms with Crippen molar-refractivity contribution in [3.05, 3.63) is 29.8 Å². The molecule has 1 unspecified atom stereocenters. The molecular weight excluding hydrogens is 226 g/mol. The van der Waals surface area contributed by atoms with Gasteiger partial charge in [0.2, 0.25) is 0 Å². The summed E-state index contributed by atoms with van der Waals surface area (Å²) in [5, 5.41) is 0. The van der Waals surface area contributed by atoms with Gasteiger partial charge in [0.25, 0.3) is 0 Å². The topological polar surface area (TPSA) is 52.3 Å². The Balaban J connectivity index is 0. The summed E-state index contributed by atoms with van der Waals surface area (Å²) >= 11 is 0. The monoisotopic (exact) mass is 253 g/mol. The normalized spacial score (nSPS) is 10.1. The average Bonchev–Trinajstić information content (AvgIpc) is 2.43. The Morgan fingerprint density at radius 3 is 2.17 bits per heavy atom. The van der Waals surface area contributed by atoms with Crippen molar-refractivity contribution < 1.29 is 9.53 Å². The van der Waals surface area contributed by atoms with Crippen LogP contribution in [0.4, 0.5) is 5.69 Å². The minimum Gasteiger partial charge on any atom is -0.469 e. The highest BCUT2D eigenvalue weighted by molar-refractivity contribution is 5.70. The van der Waals surface area contributed by atoms with E-state index >= 15 is 0 Å². The highest BCUT2D eigenvalue weighted by atomic mass is 16.5. The number of methoxy groups -OCH3 is 1. The SMILES string of the molecule is CC.CC.COC(=O)CC(C)c1ccccc1N. The molecule has 1 rings (SSSR count). The molecule has 0 saturated heterocycles. The molecule has 0 aliphatic heterocycles. The number of hydrogen-bond donors (Lipinski definition) is 1. The number of nitrogens with two attached hydrogens (primary N) is 1. The molecule has 0 aliphatic rings. The number of nitrogen functional groups attached to an aromatic ring is 1. The second-order valence-corrected chi connectivity index (χ2v) is 3.31. The van der Waals surface area contributed by atoms with Crippen molar-refractivity contribution in [2.24, 2.45) is 0 Å². The number of esters is 1. The van der Waals surface area contributed by atoms with Crippen LogP contribution < -0.4 is 5.73 Å². The summed E-state index contributed by atoms with van der Waals surface area (Å²) in [5.41, 5.74) is 7.51. The molecule has 1 aromatic rings. The minimum absolute atomic E-state index is 0.101. The first kappa shape index (κ1) is 18.8. The Bertz CT molecular complexity index is 324. The molecule has 0 bridgehead atoms. The van der Waals surface area contributed by atoms with Crippen LogP contribution in [0.15, 0.2) is 24.3 Å². The molecule has 0 spiro atoms. The largest absolute Gasteiger partial charge is 0.469 e. The molecule has 3 nitrogen and oxygen atoms in total. The van der Waals surface area contributed by atoms with Gasteiger partial charge < -0.3 is 10.5 Å². The van der Waals surface area contributed by atoms with Crippen molar-refractivity contribution in [1.82, 2.24) is 0 Å².